The second kappa shape index (κ2) is 8.26. The molecule has 0 saturated carbocycles. The van der Waals surface area contributed by atoms with Gasteiger partial charge in [-0.3, -0.25) is 9.59 Å². The van der Waals surface area contributed by atoms with Gasteiger partial charge in [-0.2, -0.15) is 0 Å². The molecule has 0 N–H and O–H groups in total. The van der Waals surface area contributed by atoms with E-state index in [0.29, 0.717) is 22.6 Å². The van der Waals surface area contributed by atoms with E-state index in [1.54, 1.807) is 17.0 Å². The minimum atomic E-state index is -0.590. The van der Waals surface area contributed by atoms with Crippen molar-refractivity contribution in [3.8, 4) is 5.75 Å². The van der Waals surface area contributed by atoms with Crippen molar-refractivity contribution in [2.24, 2.45) is 5.92 Å². The number of amides is 1. The van der Waals surface area contributed by atoms with Crippen molar-refractivity contribution in [1.29, 1.82) is 0 Å². The second-order valence-electron chi connectivity index (χ2n) is 7.66. The Kier molecular flexibility index (Phi) is 5.50. The van der Waals surface area contributed by atoms with Gasteiger partial charge in [-0.1, -0.05) is 24.3 Å². The fraction of sp³-hybridized carbons (Fsp3) is 0.292. The quantitative estimate of drug-likeness (QED) is 0.463. The first-order valence-corrected chi connectivity index (χ1v) is 10.0. The predicted molar refractivity (Wildman–Crippen MR) is 115 cm³/mol. The third-order valence-electron chi connectivity index (χ3n) is 5.72. The molecule has 0 bridgehead atoms. The molecule has 0 aliphatic carbocycles. The largest absolute Gasteiger partial charge is 0.495 e. The molecule has 7 heteroatoms. The van der Waals surface area contributed by atoms with Crippen LogP contribution in [0.5, 0.6) is 5.75 Å². The van der Waals surface area contributed by atoms with E-state index >= 15 is 0 Å². The number of anilines is 1. The SMILES string of the molecule is COc1ccccc1N1C[C@@H](C(=O)OCc2cc(=O)oc3c(C)c(C)ccc23)CC1=O. The first-order valence-electron chi connectivity index (χ1n) is 10.0. The highest BCUT2D eigenvalue weighted by atomic mass is 16.5. The van der Waals surface area contributed by atoms with Crippen molar-refractivity contribution >= 4 is 28.5 Å². The number of ether oxygens (including phenoxy) is 2. The maximum atomic E-state index is 12.7. The van der Waals surface area contributed by atoms with Crippen LogP contribution in [-0.4, -0.2) is 25.5 Å². The number of carbonyl (C=O) groups is 2. The van der Waals surface area contributed by atoms with Gasteiger partial charge in [-0.25, -0.2) is 4.79 Å². The first kappa shape index (κ1) is 20.7. The number of para-hydroxylation sites is 2. The maximum Gasteiger partial charge on any atom is 0.336 e. The Hall–Kier alpha value is -3.61. The van der Waals surface area contributed by atoms with E-state index in [2.05, 4.69) is 0 Å². The standard InChI is InChI=1S/C24H23NO6/c1-14-8-9-18-17(11-22(27)31-23(18)15(14)2)13-30-24(28)16-10-21(26)25(12-16)19-6-4-5-7-20(19)29-3/h4-9,11,16H,10,12-13H2,1-3H3/t16-/m0/s1. The Morgan fingerprint density at radius 2 is 1.94 bits per heavy atom. The van der Waals surface area contributed by atoms with E-state index in [0.717, 1.165) is 16.5 Å². The molecule has 1 saturated heterocycles. The molecule has 1 atom stereocenters. The zero-order valence-electron chi connectivity index (χ0n) is 17.6. The highest BCUT2D eigenvalue weighted by molar-refractivity contribution is 6.00. The van der Waals surface area contributed by atoms with Gasteiger partial charge in [-0.15, -0.1) is 0 Å². The number of hydrogen-bond donors (Lipinski definition) is 0. The number of rotatable bonds is 5. The van der Waals surface area contributed by atoms with Crippen molar-refractivity contribution in [2.45, 2.75) is 26.9 Å². The van der Waals surface area contributed by atoms with Crippen LogP contribution in [0, 0.1) is 19.8 Å². The van der Waals surface area contributed by atoms with Crippen LogP contribution in [0.2, 0.25) is 0 Å². The number of esters is 1. The van der Waals surface area contributed by atoms with Gasteiger partial charge in [-0.05, 0) is 37.1 Å². The average Bonchev–Trinajstić information content (AvgIpc) is 3.16. The zero-order valence-corrected chi connectivity index (χ0v) is 17.6. The summed E-state index contributed by atoms with van der Waals surface area (Å²) in [6, 6.07) is 12.3. The minimum absolute atomic E-state index is 0.0624. The van der Waals surface area contributed by atoms with Crippen molar-refractivity contribution in [2.75, 3.05) is 18.6 Å². The third-order valence-corrected chi connectivity index (χ3v) is 5.72. The Morgan fingerprint density at radius 1 is 1.16 bits per heavy atom. The van der Waals surface area contributed by atoms with E-state index in [4.69, 9.17) is 13.9 Å². The molecule has 0 radical (unpaired) electrons. The van der Waals surface area contributed by atoms with Gasteiger partial charge >= 0.3 is 11.6 Å². The third kappa shape index (κ3) is 3.91. The molecule has 0 spiro atoms. The molecule has 1 amide bonds. The summed E-state index contributed by atoms with van der Waals surface area (Å²) in [5.74, 6) is -0.662. The highest BCUT2D eigenvalue weighted by Crippen LogP contribution is 2.33. The number of aryl methyl sites for hydroxylation is 2. The van der Waals surface area contributed by atoms with Crippen LogP contribution >= 0.6 is 0 Å². The number of carbonyl (C=O) groups excluding carboxylic acids is 2. The molecule has 1 fully saturated rings. The van der Waals surface area contributed by atoms with Gasteiger partial charge in [0.15, 0.2) is 0 Å². The van der Waals surface area contributed by atoms with Crippen LogP contribution in [0.4, 0.5) is 5.69 Å². The Bertz CT molecular complexity index is 1230. The smallest absolute Gasteiger partial charge is 0.336 e. The molecule has 1 aliphatic heterocycles. The fourth-order valence-corrected chi connectivity index (χ4v) is 3.86. The molecule has 160 valence electrons. The van der Waals surface area contributed by atoms with Crippen molar-refractivity contribution < 1.29 is 23.5 Å². The summed E-state index contributed by atoms with van der Waals surface area (Å²) < 4.78 is 16.2. The monoisotopic (exact) mass is 421 g/mol. The van der Waals surface area contributed by atoms with Gasteiger partial charge in [0.2, 0.25) is 5.91 Å². The van der Waals surface area contributed by atoms with E-state index < -0.39 is 17.5 Å². The molecule has 3 aromatic rings. The topological polar surface area (TPSA) is 86.0 Å². The van der Waals surface area contributed by atoms with Gasteiger partial charge in [0.25, 0.3) is 0 Å². The summed E-state index contributed by atoms with van der Waals surface area (Å²) >= 11 is 0. The van der Waals surface area contributed by atoms with Crippen LogP contribution in [0.1, 0.15) is 23.1 Å². The Morgan fingerprint density at radius 3 is 2.71 bits per heavy atom. The van der Waals surface area contributed by atoms with Crippen LogP contribution in [0.15, 0.2) is 51.7 Å². The normalized spacial score (nSPS) is 16.0. The summed E-state index contributed by atoms with van der Waals surface area (Å²) in [5, 5.41) is 0.730. The van der Waals surface area contributed by atoms with Crippen LogP contribution in [-0.2, 0) is 20.9 Å². The van der Waals surface area contributed by atoms with E-state index in [9.17, 15) is 14.4 Å². The molecule has 2 aromatic carbocycles. The minimum Gasteiger partial charge on any atom is -0.495 e. The lowest BCUT2D eigenvalue weighted by atomic mass is 10.0. The molecule has 0 unspecified atom stereocenters. The number of hydrogen-bond acceptors (Lipinski definition) is 6. The number of benzene rings is 2. The summed E-state index contributed by atoms with van der Waals surface area (Å²) in [4.78, 5) is 38.8. The average molecular weight is 421 g/mol. The lowest BCUT2D eigenvalue weighted by Gasteiger charge is -2.19. The molecular formula is C24H23NO6. The predicted octanol–water partition coefficient (Wildman–Crippen LogP) is 3.51. The molecule has 4 rings (SSSR count). The van der Waals surface area contributed by atoms with Crippen molar-refractivity contribution in [1.82, 2.24) is 0 Å². The molecular weight excluding hydrogens is 398 g/mol. The van der Waals surface area contributed by atoms with Crippen molar-refractivity contribution in [3.63, 3.8) is 0 Å². The molecule has 2 heterocycles. The Balaban J connectivity index is 1.51. The van der Waals surface area contributed by atoms with Gasteiger partial charge in [0.05, 0.1) is 18.7 Å². The first-order chi connectivity index (χ1) is 14.9. The molecule has 31 heavy (non-hydrogen) atoms. The summed E-state index contributed by atoms with van der Waals surface area (Å²) in [7, 11) is 1.54. The highest BCUT2D eigenvalue weighted by Gasteiger charge is 2.37. The summed E-state index contributed by atoms with van der Waals surface area (Å²) in [6.07, 6.45) is 0.0624. The van der Waals surface area contributed by atoms with E-state index in [-0.39, 0.29) is 25.5 Å². The molecule has 1 aromatic heterocycles. The number of methoxy groups -OCH3 is 1. The fourth-order valence-electron chi connectivity index (χ4n) is 3.86. The molecule has 7 nitrogen and oxygen atoms in total. The molecule has 1 aliphatic rings. The lowest BCUT2D eigenvalue weighted by Crippen LogP contribution is -2.26. The Labute approximate surface area is 179 Å². The van der Waals surface area contributed by atoms with E-state index in [1.165, 1.54) is 13.2 Å². The summed E-state index contributed by atoms with van der Waals surface area (Å²) in [5.41, 5.74) is 3.08. The van der Waals surface area contributed by atoms with Crippen LogP contribution < -0.4 is 15.3 Å². The van der Waals surface area contributed by atoms with E-state index in [1.807, 2.05) is 38.1 Å². The lowest BCUT2D eigenvalue weighted by molar-refractivity contribution is -0.149. The zero-order chi connectivity index (χ0) is 22.1. The van der Waals surface area contributed by atoms with Gasteiger partial charge in [0, 0.05) is 30.0 Å². The number of nitrogens with zero attached hydrogens (tertiary/aromatic N) is 1. The second-order valence-corrected chi connectivity index (χ2v) is 7.66. The summed E-state index contributed by atoms with van der Waals surface area (Å²) in [6.45, 7) is 3.97. The van der Waals surface area contributed by atoms with Gasteiger partial charge < -0.3 is 18.8 Å². The van der Waals surface area contributed by atoms with Crippen molar-refractivity contribution in [3.05, 3.63) is 69.6 Å². The maximum absolute atomic E-state index is 12.7. The number of fused-ring (bicyclic) bond motifs is 1. The van der Waals surface area contributed by atoms with Crippen LogP contribution in [0.3, 0.4) is 0 Å². The van der Waals surface area contributed by atoms with Crippen LogP contribution in [0.25, 0.3) is 11.0 Å². The van der Waals surface area contributed by atoms with Gasteiger partial charge in [0.1, 0.15) is 17.9 Å².